The van der Waals surface area contributed by atoms with Gasteiger partial charge in [-0.15, -0.1) is 0 Å². The van der Waals surface area contributed by atoms with Gasteiger partial charge in [-0.05, 0) is 18.9 Å². The minimum absolute atomic E-state index is 1.77. The van der Waals surface area contributed by atoms with E-state index in [1.807, 2.05) is 0 Å². The summed E-state index contributed by atoms with van der Waals surface area (Å²) in [6, 6.07) is 0. The molecule has 1 aliphatic heterocycles. The van der Waals surface area contributed by atoms with Crippen molar-refractivity contribution >= 4 is 0 Å². The summed E-state index contributed by atoms with van der Waals surface area (Å²) in [6.45, 7) is -8.05. The van der Waals surface area contributed by atoms with E-state index in [2.05, 4.69) is 0 Å². The van der Waals surface area contributed by atoms with E-state index in [1.54, 1.807) is 5.32 Å². The van der Waals surface area contributed by atoms with Crippen LogP contribution in [0.1, 0.15) is 17.8 Å². The van der Waals surface area contributed by atoms with Crippen molar-refractivity contribution in [2.75, 3.05) is 13.0 Å². The van der Waals surface area contributed by atoms with E-state index in [1.165, 1.54) is 0 Å². The number of nitrogens with one attached hydrogen (secondary N) is 1. The third-order valence-electron chi connectivity index (χ3n) is 0.375. The van der Waals surface area contributed by atoms with Crippen LogP contribution in [0.3, 0.4) is 0 Å². The Hall–Kier alpha value is -0.0400. The molecule has 1 heterocycles. The molecule has 0 spiro atoms. The highest BCUT2D eigenvalue weighted by Gasteiger charge is 2.07. The summed E-state index contributed by atoms with van der Waals surface area (Å²) in [7, 11) is 0. The van der Waals surface area contributed by atoms with Gasteiger partial charge in [0.15, 0.2) is 0 Å². The van der Waals surface area contributed by atoms with Gasteiger partial charge in [0, 0.05) is 11.0 Å². The van der Waals surface area contributed by atoms with Crippen molar-refractivity contribution in [1.29, 1.82) is 0 Å². The molecule has 1 nitrogen and oxygen atoms in total. The first-order valence-corrected chi connectivity index (χ1v) is 1.25. The molecular formula is C4H9N. The fourth-order valence-corrected chi connectivity index (χ4v) is 0.125. The van der Waals surface area contributed by atoms with Gasteiger partial charge in [-0.3, -0.25) is 0 Å². The van der Waals surface area contributed by atoms with E-state index in [0.717, 1.165) is 0 Å². The quantitative estimate of drug-likeness (QED) is 0.438. The van der Waals surface area contributed by atoms with Crippen LogP contribution in [0, 0.1) is 5.89 Å². The van der Waals surface area contributed by atoms with Gasteiger partial charge in [-0.1, -0.05) is 6.85 Å². The minimum Gasteiger partial charge on any atom is -0.316 e. The first-order valence-electron chi connectivity index (χ1n) is 5.25. The van der Waals surface area contributed by atoms with Crippen LogP contribution in [-0.4, -0.2) is 13.0 Å². The standard InChI is InChI=1S/C4H9N/c1-4-2-5-3-4/h4-5H,2-3H2,1H3/i1D3,2D2,3D2,4D. The molecule has 5 heavy (non-hydrogen) atoms. The molecule has 0 unspecified atom stereocenters. The maximum absolute atomic E-state index is 7.34. The van der Waals surface area contributed by atoms with Crippen molar-refractivity contribution in [2.24, 2.45) is 5.89 Å². The second-order valence-corrected chi connectivity index (χ2v) is 0.750. The minimum atomic E-state index is -2.99. The molecule has 0 saturated carbocycles. The van der Waals surface area contributed by atoms with Crippen molar-refractivity contribution < 1.29 is 11.0 Å². The van der Waals surface area contributed by atoms with Crippen molar-refractivity contribution in [2.45, 2.75) is 6.85 Å². The number of rotatable bonds is 0. The van der Waals surface area contributed by atoms with Gasteiger partial charge < -0.3 is 5.32 Å². The van der Waals surface area contributed by atoms with Crippen molar-refractivity contribution in [3.8, 4) is 0 Å². The zero-order valence-electron chi connectivity index (χ0n) is 10.5. The summed E-state index contributed by atoms with van der Waals surface area (Å²) in [5, 5.41) is 1.77. The summed E-state index contributed by atoms with van der Waals surface area (Å²) in [5.41, 5.74) is 0. The van der Waals surface area contributed by atoms with Crippen LogP contribution in [-0.2, 0) is 0 Å². The first-order chi connectivity index (χ1) is 5.46. The predicted octanol–water partition coefficient (Wildman–Crippen LogP) is 0.226. The summed E-state index contributed by atoms with van der Waals surface area (Å²) in [6.07, 6.45) is 0. The molecule has 1 fully saturated rings. The molecule has 30 valence electrons. The van der Waals surface area contributed by atoms with Crippen LogP contribution in [0.25, 0.3) is 0 Å². The molecule has 0 bridgehead atoms. The van der Waals surface area contributed by atoms with E-state index in [0.29, 0.717) is 0 Å². The van der Waals surface area contributed by atoms with Gasteiger partial charge in [0.05, 0.1) is 0 Å². The monoisotopic (exact) mass is 79.1 g/mol. The van der Waals surface area contributed by atoms with Crippen molar-refractivity contribution in [3.63, 3.8) is 0 Å². The van der Waals surface area contributed by atoms with Gasteiger partial charge in [-0.25, -0.2) is 0 Å². The Balaban J connectivity index is 3.12. The van der Waals surface area contributed by atoms with Gasteiger partial charge in [0.1, 0.15) is 0 Å². The van der Waals surface area contributed by atoms with Crippen LogP contribution in [0.2, 0.25) is 0 Å². The summed E-state index contributed by atoms with van der Waals surface area (Å²) >= 11 is 0. The maximum Gasteiger partial charge on any atom is 0.0431 e. The van der Waals surface area contributed by atoms with Crippen LogP contribution < -0.4 is 5.32 Å². The first kappa shape index (κ1) is 0.463. The molecule has 0 atom stereocenters. The van der Waals surface area contributed by atoms with E-state index in [-0.39, 0.29) is 0 Å². The molecule has 0 aromatic carbocycles. The highest BCUT2D eigenvalue weighted by atomic mass is 14.9. The Morgan fingerprint density at radius 1 is 2.40 bits per heavy atom. The normalized spacial score (nSPS) is 78.4. The number of hydrogen-bond donors (Lipinski definition) is 1. The molecule has 0 aliphatic carbocycles. The Morgan fingerprint density at radius 3 is 3.40 bits per heavy atom. The van der Waals surface area contributed by atoms with Crippen LogP contribution in [0.5, 0.6) is 0 Å². The molecule has 0 radical (unpaired) electrons. The smallest absolute Gasteiger partial charge is 0.0431 e. The topological polar surface area (TPSA) is 12.0 Å². The van der Waals surface area contributed by atoms with Crippen LogP contribution >= 0.6 is 0 Å². The Labute approximate surface area is 43.6 Å². The molecule has 0 aromatic heterocycles. The van der Waals surface area contributed by atoms with Crippen LogP contribution in [0.4, 0.5) is 0 Å². The van der Waals surface area contributed by atoms with E-state index in [9.17, 15) is 0 Å². The lowest BCUT2D eigenvalue weighted by Gasteiger charge is -2.21. The average Bonchev–Trinajstić information content (AvgIpc) is 1.80. The SMILES string of the molecule is [2H]C([2H])([2H])C1([2H])C([2H])([2H])NC1([2H])[2H]. The molecule has 1 saturated heterocycles. The summed E-state index contributed by atoms with van der Waals surface area (Å²) in [4.78, 5) is 0. The van der Waals surface area contributed by atoms with Gasteiger partial charge in [-0.2, -0.15) is 0 Å². The molecule has 1 N–H and O–H groups in total. The molecule has 1 heteroatoms. The lowest BCUT2D eigenvalue weighted by molar-refractivity contribution is 0.379. The number of hydrogen-bond acceptors (Lipinski definition) is 1. The fraction of sp³-hybridized carbons (Fsp3) is 1.00. The van der Waals surface area contributed by atoms with Gasteiger partial charge in [0.25, 0.3) is 0 Å². The van der Waals surface area contributed by atoms with E-state index in [4.69, 9.17) is 11.0 Å². The molecule has 0 amide bonds. The zero-order chi connectivity index (χ0) is 10.7. The second kappa shape index (κ2) is 0.977. The summed E-state index contributed by atoms with van der Waals surface area (Å²) < 4.78 is 56.5. The highest BCUT2D eigenvalue weighted by molar-refractivity contribution is 4.68. The Kier molecular flexibility index (Phi) is 0.0905. The average molecular weight is 79.2 g/mol. The Morgan fingerprint density at radius 2 is 3.20 bits per heavy atom. The molecule has 0 aromatic rings. The Bertz CT molecular complexity index is 198. The zero-order valence-corrected chi connectivity index (χ0v) is 2.50. The molecular weight excluding hydrogens is 62.1 g/mol. The molecule has 1 rings (SSSR count). The van der Waals surface area contributed by atoms with Crippen molar-refractivity contribution in [1.82, 2.24) is 5.32 Å². The lowest BCUT2D eigenvalue weighted by Crippen LogP contribution is -2.39. The predicted molar refractivity (Wildman–Crippen MR) is 22.0 cm³/mol. The van der Waals surface area contributed by atoms with Gasteiger partial charge in [0.2, 0.25) is 0 Å². The fourth-order valence-electron chi connectivity index (χ4n) is 0.125. The molecule has 1 aliphatic rings. The van der Waals surface area contributed by atoms with E-state index < -0.39 is 25.7 Å². The summed E-state index contributed by atoms with van der Waals surface area (Å²) in [5.74, 6) is -2.74. The van der Waals surface area contributed by atoms with Gasteiger partial charge >= 0.3 is 0 Å². The van der Waals surface area contributed by atoms with E-state index >= 15 is 0 Å². The highest BCUT2D eigenvalue weighted by Crippen LogP contribution is 1.96. The third-order valence-corrected chi connectivity index (χ3v) is 0.375. The largest absolute Gasteiger partial charge is 0.316 e. The van der Waals surface area contributed by atoms with Crippen LogP contribution in [0.15, 0.2) is 0 Å². The maximum atomic E-state index is 7.34. The van der Waals surface area contributed by atoms with Crippen molar-refractivity contribution in [3.05, 3.63) is 0 Å². The lowest BCUT2D eigenvalue weighted by atomic mass is 10.1. The third kappa shape index (κ3) is 0.428. The second-order valence-electron chi connectivity index (χ2n) is 0.750.